The van der Waals surface area contributed by atoms with Crippen molar-refractivity contribution in [1.29, 1.82) is 0 Å². The van der Waals surface area contributed by atoms with Gasteiger partial charge in [0, 0.05) is 31.1 Å². The van der Waals surface area contributed by atoms with E-state index < -0.39 is 17.2 Å². The summed E-state index contributed by atoms with van der Waals surface area (Å²) >= 11 is 0. The number of methoxy groups -OCH3 is 1. The molecule has 256 valence electrons. The van der Waals surface area contributed by atoms with Crippen molar-refractivity contribution in [2.45, 2.75) is 117 Å². The molecule has 8 nitrogen and oxygen atoms in total. The Labute approximate surface area is 281 Å². The molecule has 47 heavy (non-hydrogen) atoms. The fourth-order valence-corrected chi connectivity index (χ4v) is 6.47. The molecule has 2 saturated carbocycles. The zero-order valence-corrected chi connectivity index (χ0v) is 29.6. The second-order valence-electron chi connectivity index (χ2n) is 15.0. The lowest BCUT2D eigenvalue weighted by Gasteiger charge is -2.39. The molecule has 2 aliphatic rings. The van der Waals surface area contributed by atoms with Crippen molar-refractivity contribution >= 4 is 24.2 Å². The molecule has 0 aliphatic heterocycles. The van der Waals surface area contributed by atoms with Gasteiger partial charge in [0.05, 0.1) is 12.7 Å². The van der Waals surface area contributed by atoms with Crippen molar-refractivity contribution in [3.63, 3.8) is 0 Å². The van der Waals surface area contributed by atoms with Gasteiger partial charge in [0.25, 0.3) is 0 Å². The highest BCUT2D eigenvalue weighted by molar-refractivity contribution is 5.89. The monoisotopic (exact) mass is 646 g/mol. The molecule has 2 amide bonds. The van der Waals surface area contributed by atoms with E-state index >= 15 is 0 Å². The summed E-state index contributed by atoms with van der Waals surface area (Å²) in [6, 6.07) is 17.7. The number of benzene rings is 2. The number of rotatable bonds is 10. The van der Waals surface area contributed by atoms with Crippen LogP contribution in [-0.4, -0.2) is 64.9 Å². The molecule has 4 rings (SSSR count). The Hall–Kier alpha value is -3.81. The van der Waals surface area contributed by atoms with Crippen LogP contribution >= 0.6 is 0 Å². The molecule has 2 aromatic carbocycles. The zero-order valence-electron chi connectivity index (χ0n) is 29.6. The predicted octanol–water partition coefficient (Wildman–Crippen LogP) is 8.89. The van der Waals surface area contributed by atoms with E-state index in [1.54, 1.807) is 12.1 Å². The van der Waals surface area contributed by atoms with Crippen LogP contribution in [0.15, 0.2) is 60.2 Å². The molecule has 0 bridgehead atoms. The third-order valence-electron chi connectivity index (χ3n) is 8.89. The standard InChI is InChI=1S/C39H54N2O6/c1-9-30(23-27-13-11-10-12-14-27)33-24-34(33)41(37(44)47-39(5,6)7)26-29-17-21-32(22-18-29)40(36(43)46-38(2,3)4)25-28-15-19-31(20-16-28)35(42)45-8/h10-16,19-20,23,29,32-34H,9,17-18,21-22,24-26H2,1-8H3/b30-23+/t29?,32?,33-,34+/m0/s1. The number of hydrogen-bond acceptors (Lipinski definition) is 6. The van der Waals surface area contributed by atoms with Crippen molar-refractivity contribution in [2.24, 2.45) is 11.8 Å². The van der Waals surface area contributed by atoms with Gasteiger partial charge in [-0.05, 0) is 109 Å². The lowest BCUT2D eigenvalue weighted by Crippen LogP contribution is -2.46. The van der Waals surface area contributed by atoms with E-state index in [4.69, 9.17) is 14.2 Å². The van der Waals surface area contributed by atoms with Gasteiger partial charge in [-0.25, -0.2) is 14.4 Å². The molecule has 0 radical (unpaired) electrons. The van der Waals surface area contributed by atoms with Crippen LogP contribution in [0, 0.1) is 11.8 Å². The van der Waals surface area contributed by atoms with Gasteiger partial charge in [-0.2, -0.15) is 0 Å². The number of carbonyl (C=O) groups is 3. The first-order valence-electron chi connectivity index (χ1n) is 17.1. The van der Waals surface area contributed by atoms with Crippen LogP contribution in [0.2, 0.25) is 0 Å². The van der Waals surface area contributed by atoms with Gasteiger partial charge in [-0.1, -0.05) is 61.0 Å². The molecular weight excluding hydrogens is 592 g/mol. The molecule has 0 aromatic heterocycles. The van der Waals surface area contributed by atoms with Crippen molar-refractivity contribution in [3.05, 3.63) is 76.9 Å². The Balaban J connectivity index is 1.46. The van der Waals surface area contributed by atoms with E-state index in [-0.39, 0.29) is 24.3 Å². The van der Waals surface area contributed by atoms with E-state index in [9.17, 15) is 14.4 Å². The Kier molecular flexibility index (Phi) is 11.8. The van der Waals surface area contributed by atoms with Gasteiger partial charge in [0.15, 0.2) is 0 Å². The Bertz CT molecular complexity index is 1380. The largest absolute Gasteiger partial charge is 0.465 e. The minimum absolute atomic E-state index is 0.00512. The summed E-state index contributed by atoms with van der Waals surface area (Å²) in [6.45, 7) is 14.6. The first-order valence-corrected chi connectivity index (χ1v) is 17.1. The Morgan fingerprint density at radius 1 is 0.809 bits per heavy atom. The van der Waals surface area contributed by atoms with Crippen molar-refractivity contribution in [3.8, 4) is 0 Å². The maximum Gasteiger partial charge on any atom is 0.410 e. The average molecular weight is 647 g/mol. The zero-order chi connectivity index (χ0) is 34.4. The lowest BCUT2D eigenvalue weighted by molar-refractivity contribution is 0.00499. The first-order chi connectivity index (χ1) is 22.2. The fraction of sp³-hybridized carbons (Fsp3) is 0.564. The molecule has 2 aliphatic carbocycles. The SMILES string of the molecule is CC/C(=C\c1ccccc1)[C@@H]1C[C@H]1N(CC1CCC(N(Cc2ccc(C(=O)OC)cc2)C(=O)OC(C)(C)C)CC1)C(=O)OC(C)(C)C. The molecule has 0 heterocycles. The molecule has 0 unspecified atom stereocenters. The topological polar surface area (TPSA) is 85.4 Å². The van der Waals surface area contributed by atoms with E-state index in [0.717, 1.165) is 44.1 Å². The average Bonchev–Trinajstić information content (AvgIpc) is 3.80. The Morgan fingerprint density at radius 3 is 1.91 bits per heavy atom. The van der Waals surface area contributed by atoms with Gasteiger partial charge < -0.3 is 24.0 Å². The van der Waals surface area contributed by atoms with Crippen LogP contribution in [0.1, 0.15) is 108 Å². The summed E-state index contributed by atoms with van der Waals surface area (Å²) < 4.78 is 16.6. The van der Waals surface area contributed by atoms with Crippen LogP contribution in [0.3, 0.4) is 0 Å². The fourth-order valence-electron chi connectivity index (χ4n) is 6.47. The molecule has 0 saturated heterocycles. The normalized spacial score (nSPS) is 21.4. The number of nitrogens with zero attached hydrogens (tertiary/aromatic N) is 2. The van der Waals surface area contributed by atoms with Gasteiger partial charge in [0.2, 0.25) is 0 Å². The molecule has 2 fully saturated rings. The highest BCUT2D eigenvalue weighted by atomic mass is 16.6. The summed E-state index contributed by atoms with van der Waals surface area (Å²) in [5, 5.41) is 0. The second-order valence-corrected chi connectivity index (χ2v) is 15.0. The summed E-state index contributed by atoms with van der Waals surface area (Å²) in [4.78, 5) is 42.8. The third kappa shape index (κ3) is 10.6. The highest BCUT2D eigenvalue weighted by Crippen LogP contribution is 2.45. The van der Waals surface area contributed by atoms with Crippen LogP contribution < -0.4 is 0 Å². The van der Waals surface area contributed by atoms with Crippen molar-refractivity contribution < 1.29 is 28.6 Å². The number of carbonyl (C=O) groups excluding carboxylic acids is 3. The highest BCUT2D eigenvalue weighted by Gasteiger charge is 2.47. The van der Waals surface area contributed by atoms with Gasteiger partial charge in [-0.15, -0.1) is 0 Å². The van der Waals surface area contributed by atoms with Crippen LogP contribution in [0.5, 0.6) is 0 Å². The smallest absolute Gasteiger partial charge is 0.410 e. The van der Waals surface area contributed by atoms with Gasteiger partial charge in [-0.3, -0.25) is 0 Å². The van der Waals surface area contributed by atoms with Gasteiger partial charge in [0.1, 0.15) is 11.2 Å². The molecule has 0 spiro atoms. The minimum atomic E-state index is -0.623. The number of amides is 2. The number of hydrogen-bond donors (Lipinski definition) is 0. The summed E-state index contributed by atoms with van der Waals surface area (Å²) in [6.07, 6.45) is 6.99. The maximum absolute atomic E-state index is 13.6. The van der Waals surface area contributed by atoms with Crippen molar-refractivity contribution in [2.75, 3.05) is 13.7 Å². The van der Waals surface area contributed by atoms with E-state index in [1.165, 1.54) is 18.2 Å². The van der Waals surface area contributed by atoms with Crippen LogP contribution in [0.4, 0.5) is 9.59 Å². The molecule has 2 aromatic rings. The van der Waals surface area contributed by atoms with Crippen LogP contribution in [-0.2, 0) is 20.8 Å². The predicted molar refractivity (Wildman–Crippen MR) is 185 cm³/mol. The van der Waals surface area contributed by atoms with Gasteiger partial charge >= 0.3 is 18.2 Å². The molecule has 2 atom stereocenters. The Morgan fingerprint density at radius 2 is 1.38 bits per heavy atom. The molecule has 8 heteroatoms. The molecule has 0 N–H and O–H groups in total. The number of ether oxygens (including phenoxy) is 3. The maximum atomic E-state index is 13.6. The van der Waals surface area contributed by atoms with E-state index in [0.29, 0.717) is 30.5 Å². The van der Waals surface area contributed by atoms with E-state index in [2.05, 4.69) is 37.3 Å². The third-order valence-corrected chi connectivity index (χ3v) is 8.89. The second kappa shape index (κ2) is 15.4. The summed E-state index contributed by atoms with van der Waals surface area (Å²) in [7, 11) is 1.36. The van der Waals surface area contributed by atoms with E-state index in [1.807, 2.05) is 69.5 Å². The minimum Gasteiger partial charge on any atom is -0.465 e. The summed E-state index contributed by atoms with van der Waals surface area (Å²) in [5.74, 6) is 0.246. The lowest BCUT2D eigenvalue weighted by atomic mass is 9.84. The number of esters is 1. The summed E-state index contributed by atoms with van der Waals surface area (Å²) in [5.41, 5.74) is 2.74. The quantitative estimate of drug-likeness (QED) is 0.189. The molecular formula is C39H54N2O6. The van der Waals surface area contributed by atoms with Crippen molar-refractivity contribution in [1.82, 2.24) is 9.80 Å². The van der Waals surface area contributed by atoms with Crippen LogP contribution in [0.25, 0.3) is 6.08 Å². The first kappa shape index (κ1) is 36.0.